The molecule has 2 fully saturated rings. The molecule has 5 rings (SSSR count). The third-order valence-corrected chi connectivity index (χ3v) is 10.9. The summed E-state index contributed by atoms with van der Waals surface area (Å²) in [5.41, 5.74) is 3.64. The van der Waals surface area contributed by atoms with E-state index in [0.717, 1.165) is 28.5 Å². The zero-order chi connectivity index (χ0) is 42.5. The number of nitrogens with zero attached hydrogens (tertiary/aromatic N) is 4. The fourth-order valence-corrected chi connectivity index (χ4v) is 7.83. The van der Waals surface area contributed by atoms with Gasteiger partial charge in [-0.25, -0.2) is 44.1 Å². The molecule has 6 N–H and O–H groups in total. The first kappa shape index (κ1) is 44.6. The number of allylic oxidation sites excluding steroid dienone is 1. The number of carbonyl (C=O) groups excluding carboxylic acids is 5. The van der Waals surface area contributed by atoms with Crippen molar-refractivity contribution in [1.29, 1.82) is 0 Å². The van der Waals surface area contributed by atoms with E-state index in [2.05, 4.69) is 10.6 Å². The summed E-state index contributed by atoms with van der Waals surface area (Å²) in [6.07, 6.45) is 4.72. The molecule has 59 heavy (non-hydrogen) atoms. The normalized spacial score (nSPS) is 19.3. The van der Waals surface area contributed by atoms with Gasteiger partial charge in [-0.1, -0.05) is 49.2 Å². The molecule has 0 spiro atoms. The van der Waals surface area contributed by atoms with Gasteiger partial charge in [0.2, 0.25) is 11.8 Å². The van der Waals surface area contributed by atoms with Crippen molar-refractivity contribution < 1.29 is 48.6 Å². The van der Waals surface area contributed by atoms with Crippen molar-refractivity contribution in [2.24, 2.45) is 13.0 Å². The summed E-state index contributed by atoms with van der Waals surface area (Å²) in [6, 6.07) is 5.77. The first-order chi connectivity index (χ1) is 28.5. The van der Waals surface area contributed by atoms with E-state index >= 15 is 0 Å². The number of hydrogen-bond donors (Lipinski definition) is 6. The number of ether oxygens (including phenoxy) is 3. The van der Waals surface area contributed by atoms with Crippen molar-refractivity contribution in [2.75, 3.05) is 32.8 Å². The quantitative estimate of drug-likeness (QED) is 0.0247. The van der Waals surface area contributed by atoms with Crippen molar-refractivity contribution in [2.45, 2.75) is 108 Å². The highest BCUT2D eigenvalue weighted by Gasteiger charge is 2.54. The Bertz CT molecular complexity index is 1920. The number of esters is 1. The van der Waals surface area contributed by atoms with E-state index in [4.69, 9.17) is 24.6 Å². The number of rotatable bonds is 22. The lowest BCUT2D eigenvalue weighted by molar-refractivity contribution is -0.152. The van der Waals surface area contributed by atoms with Gasteiger partial charge in [0.25, 0.3) is 0 Å². The van der Waals surface area contributed by atoms with E-state index in [9.17, 15) is 33.6 Å². The van der Waals surface area contributed by atoms with Gasteiger partial charge >= 0.3 is 29.5 Å². The Kier molecular flexibility index (Phi) is 16.3. The molecule has 3 heterocycles. The van der Waals surface area contributed by atoms with E-state index in [1.807, 2.05) is 36.4 Å². The van der Waals surface area contributed by atoms with Crippen LogP contribution in [0.5, 0.6) is 0 Å². The second kappa shape index (κ2) is 21.5. The van der Waals surface area contributed by atoms with Gasteiger partial charge in [-0.15, -0.1) is 0 Å². The lowest BCUT2D eigenvalue weighted by atomic mass is 9.92. The molecule has 5 atom stereocenters. The van der Waals surface area contributed by atoms with Crippen molar-refractivity contribution >= 4 is 30.0 Å². The maximum absolute atomic E-state index is 14.0. The van der Waals surface area contributed by atoms with Crippen LogP contribution in [0.4, 0.5) is 9.59 Å². The fourth-order valence-electron chi connectivity index (χ4n) is 7.83. The summed E-state index contributed by atoms with van der Waals surface area (Å²) < 4.78 is 21.3. The standard InChI is InChI=1S/C39H56N8O12/c1-3-57-35(50)29(24-58-36(51)40-19-11-5-9-15-31(48)42-55)45-23-27-22-28(26-17-18-26)46-38(53)44(2)39(54)47(46)33(27)34(45)30(21-25-13-7-4-8-14-25)59-37(52)41-20-12-6-10-16-32(49)43-56/h4,7-8,13-14,22,26,28-30,33-34,55-56H,3,5-6,9-12,15-21,23-24H2,1-2H3,(H,40,51)(H,41,52)(H,42,48)(H,43,49)/t28-,29-,30-,33+,34-/m0/s1. The Morgan fingerprint density at radius 1 is 0.814 bits per heavy atom. The number of aromatic nitrogens is 3. The number of carbonyl (C=O) groups is 5. The number of amides is 4. The number of alkyl carbamates (subject to hydrolysis) is 2. The SMILES string of the molecule is CCOC(=O)[C@H](COC(=O)NCCCCCC(=O)NO)N1CC2=C[C@@H](C3CC3)n3c(=O)n(C)c(=O)n3[C@H]2[C@@H]1[C@H](Cc1ccccc1)OC(=O)NCCCCCC(=O)NO. The largest absolute Gasteiger partial charge is 0.465 e. The third-order valence-electron chi connectivity index (χ3n) is 10.9. The molecular formula is C39H56N8O12. The van der Waals surface area contributed by atoms with Gasteiger partial charge in [-0.2, -0.15) is 0 Å². The lowest BCUT2D eigenvalue weighted by Crippen LogP contribution is -2.56. The zero-order valence-corrected chi connectivity index (χ0v) is 33.5. The molecular weight excluding hydrogens is 772 g/mol. The molecule has 20 heteroatoms. The summed E-state index contributed by atoms with van der Waals surface area (Å²) >= 11 is 0. The van der Waals surface area contributed by atoms with Crippen LogP contribution in [-0.2, 0) is 42.1 Å². The van der Waals surface area contributed by atoms with E-state index < -0.39 is 78.2 Å². The van der Waals surface area contributed by atoms with Crippen LogP contribution in [0, 0.1) is 5.92 Å². The van der Waals surface area contributed by atoms with Gasteiger partial charge in [0, 0.05) is 45.9 Å². The maximum Gasteiger partial charge on any atom is 0.407 e. The Morgan fingerprint density at radius 2 is 1.42 bits per heavy atom. The highest BCUT2D eigenvalue weighted by atomic mass is 16.6. The highest BCUT2D eigenvalue weighted by Crippen LogP contribution is 2.47. The molecule has 4 amide bonds. The number of nitrogens with one attached hydrogen (secondary N) is 4. The van der Waals surface area contributed by atoms with E-state index in [1.54, 1.807) is 22.8 Å². The molecule has 1 saturated carbocycles. The minimum absolute atomic E-state index is 0.0128. The summed E-state index contributed by atoms with van der Waals surface area (Å²) in [7, 11) is 1.41. The Morgan fingerprint density at radius 3 is 2.02 bits per heavy atom. The van der Waals surface area contributed by atoms with Crippen LogP contribution in [0.15, 0.2) is 51.6 Å². The van der Waals surface area contributed by atoms with Crippen LogP contribution >= 0.6 is 0 Å². The smallest absolute Gasteiger partial charge is 0.407 e. The van der Waals surface area contributed by atoms with Gasteiger partial charge in [0.15, 0.2) is 0 Å². The summed E-state index contributed by atoms with van der Waals surface area (Å²) in [5, 5.41) is 22.8. The predicted molar refractivity (Wildman–Crippen MR) is 208 cm³/mol. The Hall–Kier alpha value is -5.47. The number of hydrogen-bond acceptors (Lipinski definition) is 13. The molecule has 324 valence electrons. The van der Waals surface area contributed by atoms with Gasteiger partial charge in [0.05, 0.1) is 24.7 Å². The maximum atomic E-state index is 14.0. The van der Waals surface area contributed by atoms with Crippen LogP contribution < -0.4 is 33.0 Å². The van der Waals surface area contributed by atoms with Crippen LogP contribution in [0.3, 0.4) is 0 Å². The second-order valence-corrected chi connectivity index (χ2v) is 15.0. The average Bonchev–Trinajstić information content (AvgIpc) is 3.97. The number of likely N-dealkylation sites (tertiary alicyclic amines) is 1. The van der Waals surface area contributed by atoms with Gasteiger partial charge < -0.3 is 24.8 Å². The second-order valence-electron chi connectivity index (χ2n) is 15.0. The summed E-state index contributed by atoms with van der Waals surface area (Å²) in [5.74, 6) is -1.59. The Labute approximate surface area is 340 Å². The molecule has 0 unspecified atom stereocenters. The van der Waals surface area contributed by atoms with Crippen LogP contribution in [0.25, 0.3) is 0 Å². The minimum atomic E-state index is -1.23. The average molecular weight is 829 g/mol. The topological polar surface area (TPSA) is 254 Å². The van der Waals surface area contributed by atoms with Crippen molar-refractivity contribution in [3.05, 3.63) is 68.5 Å². The van der Waals surface area contributed by atoms with Crippen molar-refractivity contribution in [3.8, 4) is 0 Å². The molecule has 1 aliphatic carbocycles. The predicted octanol–water partition coefficient (Wildman–Crippen LogP) is 1.59. The number of hydroxylamine groups is 2. The minimum Gasteiger partial charge on any atom is -0.465 e. The molecule has 20 nitrogen and oxygen atoms in total. The zero-order valence-electron chi connectivity index (χ0n) is 33.5. The van der Waals surface area contributed by atoms with Crippen molar-refractivity contribution in [3.63, 3.8) is 0 Å². The lowest BCUT2D eigenvalue weighted by Gasteiger charge is -2.38. The molecule has 1 aromatic carbocycles. The van der Waals surface area contributed by atoms with Crippen LogP contribution in [0.1, 0.15) is 88.8 Å². The summed E-state index contributed by atoms with van der Waals surface area (Å²) in [6.45, 7) is 1.74. The number of unbranched alkanes of at least 4 members (excludes halogenated alkanes) is 4. The molecule has 0 radical (unpaired) electrons. The van der Waals surface area contributed by atoms with Crippen molar-refractivity contribution in [1.82, 2.24) is 40.4 Å². The molecule has 1 saturated heterocycles. The van der Waals surface area contributed by atoms with Crippen LogP contribution in [-0.4, -0.2) is 110 Å². The molecule has 2 aromatic rings. The number of benzene rings is 1. The molecule has 0 bridgehead atoms. The van der Waals surface area contributed by atoms with Gasteiger partial charge in [0.1, 0.15) is 18.8 Å². The molecule has 1 aromatic heterocycles. The summed E-state index contributed by atoms with van der Waals surface area (Å²) in [4.78, 5) is 92.6. The first-order valence-electron chi connectivity index (χ1n) is 20.3. The first-order valence-corrected chi connectivity index (χ1v) is 20.3. The van der Waals surface area contributed by atoms with Crippen LogP contribution in [0.2, 0.25) is 0 Å². The van der Waals surface area contributed by atoms with Gasteiger partial charge in [-0.3, -0.25) is 29.7 Å². The van der Waals surface area contributed by atoms with Gasteiger partial charge in [-0.05, 0) is 62.5 Å². The monoisotopic (exact) mass is 828 g/mol. The Balaban J connectivity index is 1.45. The van der Waals surface area contributed by atoms with E-state index in [-0.39, 0.29) is 51.4 Å². The molecule has 3 aliphatic rings. The third kappa shape index (κ3) is 11.6. The van der Waals surface area contributed by atoms with E-state index in [0.29, 0.717) is 38.5 Å². The molecule has 2 aliphatic heterocycles. The van der Waals surface area contributed by atoms with E-state index in [1.165, 1.54) is 16.4 Å². The number of fused-ring (bicyclic) bond motifs is 3. The fraction of sp³-hybridized carbons (Fsp3) is 0.615. The highest BCUT2D eigenvalue weighted by molar-refractivity contribution is 5.77.